The smallest absolute Gasteiger partial charge is 0.141 e. The van der Waals surface area contributed by atoms with Gasteiger partial charge in [-0.15, -0.1) is 0 Å². The first-order valence-electron chi connectivity index (χ1n) is 3.38. The van der Waals surface area contributed by atoms with E-state index in [2.05, 4.69) is 0 Å². The lowest BCUT2D eigenvalue weighted by Crippen LogP contribution is -2.42. The zero-order chi connectivity index (χ0) is 6.48. The Hall–Kier alpha value is -0.370. The van der Waals surface area contributed by atoms with E-state index in [4.69, 9.17) is 4.74 Å². The third-order valence-corrected chi connectivity index (χ3v) is 2.55. The highest BCUT2D eigenvalue weighted by molar-refractivity contribution is 5.90. The van der Waals surface area contributed by atoms with Gasteiger partial charge in [0.2, 0.25) is 0 Å². The Morgan fingerprint density at radius 2 is 2.44 bits per heavy atom. The second-order valence-corrected chi connectivity index (χ2v) is 3.16. The predicted molar refractivity (Wildman–Crippen MR) is 32.1 cm³/mol. The second-order valence-electron chi connectivity index (χ2n) is 3.16. The minimum Gasteiger partial charge on any atom is -0.372 e. The van der Waals surface area contributed by atoms with Gasteiger partial charge in [-0.3, -0.25) is 4.79 Å². The van der Waals surface area contributed by atoms with Gasteiger partial charge in [-0.1, -0.05) is 6.92 Å². The Morgan fingerprint density at radius 1 is 1.78 bits per heavy atom. The van der Waals surface area contributed by atoms with Crippen molar-refractivity contribution in [2.45, 2.75) is 25.9 Å². The summed E-state index contributed by atoms with van der Waals surface area (Å²) in [5.41, 5.74) is -0.0694. The van der Waals surface area contributed by atoms with Gasteiger partial charge < -0.3 is 4.74 Å². The summed E-state index contributed by atoms with van der Waals surface area (Å²) in [5.74, 6) is 0.394. The van der Waals surface area contributed by atoms with Gasteiger partial charge in [-0.05, 0) is 6.42 Å². The van der Waals surface area contributed by atoms with E-state index in [1.807, 2.05) is 6.92 Å². The van der Waals surface area contributed by atoms with Crippen molar-refractivity contribution >= 4 is 5.78 Å². The van der Waals surface area contributed by atoms with Gasteiger partial charge in [0, 0.05) is 6.42 Å². The molecule has 2 fully saturated rings. The van der Waals surface area contributed by atoms with Crippen LogP contribution in [0, 0.1) is 5.41 Å². The number of rotatable bonds is 1. The molecule has 2 aliphatic rings. The first-order valence-corrected chi connectivity index (χ1v) is 3.38. The van der Waals surface area contributed by atoms with E-state index in [1.54, 1.807) is 0 Å². The summed E-state index contributed by atoms with van der Waals surface area (Å²) in [6.07, 6.45) is 2.09. The summed E-state index contributed by atoms with van der Waals surface area (Å²) in [7, 11) is 0. The van der Waals surface area contributed by atoms with Crippen LogP contribution in [-0.4, -0.2) is 18.5 Å². The average molecular weight is 126 g/mol. The van der Waals surface area contributed by atoms with Crippen LogP contribution in [0.25, 0.3) is 0 Å². The molecule has 2 unspecified atom stereocenters. The molecule has 0 radical (unpaired) electrons. The first-order chi connectivity index (χ1) is 4.23. The summed E-state index contributed by atoms with van der Waals surface area (Å²) in [5, 5.41) is 0. The fourth-order valence-electron chi connectivity index (χ4n) is 1.38. The Morgan fingerprint density at radius 3 is 2.56 bits per heavy atom. The molecular formula is C7H10O2. The summed E-state index contributed by atoms with van der Waals surface area (Å²) >= 11 is 0. The number of epoxide rings is 1. The number of carbonyl (C=O) groups excluding carboxylic acids is 1. The quantitative estimate of drug-likeness (QED) is 0.485. The highest BCUT2D eigenvalue weighted by Gasteiger charge is 2.53. The van der Waals surface area contributed by atoms with Crippen LogP contribution in [0.1, 0.15) is 19.8 Å². The standard InChI is InChI=1S/C7H10O2/c1-7(6-4-9-6)3-2-5(7)8/h6H,2-4H2,1H3. The van der Waals surface area contributed by atoms with Gasteiger partial charge in [0.1, 0.15) is 5.78 Å². The average Bonchev–Trinajstić information content (AvgIpc) is 2.64. The van der Waals surface area contributed by atoms with Gasteiger partial charge in [0.15, 0.2) is 0 Å². The zero-order valence-electron chi connectivity index (χ0n) is 5.52. The second kappa shape index (κ2) is 1.37. The third kappa shape index (κ3) is 0.568. The van der Waals surface area contributed by atoms with E-state index < -0.39 is 0 Å². The van der Waals surface area contributed by atoms with Crippen LogP contribution >= 0.6 is 0 Å². The lowest BCUT2D eigenvalue weighted by atomic mass is 9.67. The Balaban J connectivity index is 2.13. The van der Waals surface area contributed by atoms with Crippen LogP contribution in [0.15, 0.2) is 0 Å². The molecule has 2 heteroatoms. The SMILES string of the molecule is CC1(C2CO2)CCC1=O. The lowest BCUT2D eigenvalue weighted by Gasteiger charge is -2.34. The minimum atomic E-state index is -0.0694. The van der Waals surface area contributed by atoms with Gasteiger partial charge in [-0.25, -0.2) is 0 Å². The van der Waals surface area contributed by atoms with Crippen LogP contribution in [-0.2, 0) is 9.53 Å². The molecule has 0 bridgehead atoms. The van der Waals surface area contributed by atoms with Gasteiger partial charge in [0.25, 0.3) is 0 Å². The zero-order valence-corrected chi connectivity index (χ0v) is 5.52. The molecule has 2 nitrogen and oxygen atoms in total. The first kappa shape index (κ1) is 5.42. The summed E-state index contributed by atoms with van der Waals surface area (Å²) in [4.78, 5) is 11.0. The van der Waals surface area contributed by atoms with Gasteiger partial charge >= 0.3 is 0 Å². The Kier molecular flexibility index (Phi) is 0.826. The monoisotopic (exact) mass is 126 g/mol. The lowest BCUT2D eigenvalue weighted by molar-refractivity contribution is -0.138. The van der Waals surface area contributed by atoms with Crippen LogP contribution in [0.2, 0.25) is 0 Å². The molecule has 0 amide bonds. The molecule has 0 spiro atoms. The Labute approximate surface area is 54.2 Å². The summed E-state index contributed by atoms with van der Waals surface area (Å²) < 4.78 is 5.06. The fourth-order valence-corrected chi connectivity index (χ4v) is 1.38. The molecule has 1 heterocycles. The number of hydrogen-bond donors (Lipinski definition) is 0. The molecule has 1 saturated heterocycles. The van der Waals surface area contributed by atoms with Crippen molar-refractivity contribution in [1.29, 1.82) is 0 Å². The van der Waals surface area contributed by atoms with E-state index in [-0.39, 0.29) is 11.5 Å². The minimum absolute atomic E-state index is 0.0694. The summed E-state index contributed by atoms with van der Waals surface area (Å²) in [6, 6.07) is 0. The number of carbonyl (C=O) groups is 1. The molecule has 0 aromatic rings. The number of hydrogen-bond acceptors (Lipinski definition) is 2. The normalized spacial score (nSPS) is 48.6. The number of Topliss-reactive ketones (excluding diaryl/α,β-unsaturated/α-hetero) is 1. The largest absolute Gasteiger partial charge is 0.372 e. The molecule has 9 heavy (non-hydrogen) atoms. The van der Waals surface area contributed by atoms with E-state index in [1.165, 1.54) is 0 Å². The highest BCUT2D eigenvalue weighted by atomic mass is 16.6. The molecule has 50 valence electrons. The molecule has 1 saturated carbocycles. The van der Waals surface area contributed by atoms with Gasteiger partial charge in [0.05, 0.1) is 18.1 Å². The number of ketones is 1. The molecular weight excluding hydrogens is 116 g/mol. The molecule has 1 aliphatic heterocycles. The van der Waals surface area contributed by atoms with Gasteiger partial charge in [-0.2, -0.15) is 0 Å². The predicted octanol–water partition coefficient (Wildman–Crippen LogP) is 0.754. The van der Waals surface area contributed by atoms with E-state index >= 15 is 0 Å². The van der Waals surface area contributed by atoms with Crippen LogP contribution < -0.4 is 0 Å². The molecule has 0 N–H and O–H groups in total. The molecule has 0 aromatic carbocycles. The maximum atomic E-state index is 11.0. The number of ether oxygens (including phenoxy) is 1. The van der Waals surface area contributed by atoms with E-state index in [0.29, 0.717) is 5.78 Å². The maximum absolute atomic E-state index is 11.0. The Bertz CT molecular complexity index is 160. The third-order valence-electron chi connectivity index (χ3n) is 2.55. The van der Waals surface area contributed by atoms with Crippen molar-refractivity contribution in [3.05, 3.63) is 0 Å². The molecule has 2 rings (SSSR count). The van der Waals surface area contributed by atoms with Crippen LogP contribution in [0.3, 0.4) is 0 Å². The van der Waals surface area contributed by atoms with Crippen molar-refractivity contribution in [2.24, 2.45) is 5.41 Å². The van der Waals surface area contributed by atoms with Crippen molar-refractivity contribution < 1.29 is 9.53 Å². The maximum Gasteiger partial charge on any atom is 0.141 e. The fraction of sp³-hybridized carbons (Fsp3) is 0.857. The molecule has 0 aromatic heterocycles. The van der Waals surface area contributed by atoms with Crippen molar-refractivity contribution in [1.82, 2.24) is 0 Å². The van der Waals surface area contributed by atoms with Crippen molar-refractivity contribution in [3.8, 4) is 0 Å². The van der Waals surface area contributed by atoms with E-state index in [9.17, 15) is 4.79 Å². The molecule has 1 aliphatic carbocycles. The molecule has 2 atom stereocenters. The summed E-state index contributed by atoms with van der Waals surface area (Å²) in [6.45, 7) is 2.82. The van der Waals surface area contributed by atoms with Crippen LogP contribution in [0.4, 0.5) is 0 Å². The van der Waals surface area contributed by atoms with Crippen molar-refractivity contribution in [2.75, 3.05) is 6.61 Å². The van der Waals surface area contributed by atoms with Crippen molar-refractivity contribution in [3.63, 3.8) is 0 Å². The van der Waals surface area contributed by atoms with E-state index in [0.717, 1.165) is 19.4 Å². The van der Waals surface area contributed by atoms with Crippen LogP contribution in [0.5, 0.6) is 0 Å². The highest BCUT2D eigenvalue weighted by Crippen LogP contribution is 2.45. The topological polar surface area (TPSA) is 29.6 Å².